The van der Waals surface area contributed by atoms with Gasteiger partial charge in [0.1, 0.15) is 18.2 Å². The Kier molecular flexibility index (Phi) is 10.4. The zero-order valence-electron chi connectivity index (χ0n) is 14.7. The summed E-state index contributed by atoms with van der Waals surface area (Å²) in [6.45, 7) is 0.874. The molecular weight excluding hydrogens is 355 g/mol. The molecular formula is C20H26ClFN2O2. The van der Waals surface area contributed by atoms with E-state index in [-0.39, 0.29) is 30.7 Å². The minimum Gasteiger partial charge on any atom is -0.489 e. The lowest BCUT2D eigenvalue weighted by Crippen LogP contribution is -2.11. The van der Waals surface area contributed by atoms with Gasteiger partial charge in [0.05, 0.1) is 0 Å². The summed E-state index contributed by atoms with van der Waals surface area (Å²) >= 11 is 0. The first-order valence-corrected chi connectivity index (χ1v) is 8.65. The molecule has 0 fully saturated rings. The summed E-state index contributed by atoms with van der Waals surface area (Å²) in [4.78, 5) is 11.9. The maximum Gasteiger partial charge on any atom is 0.224 e. The van der Waals surface area contributed by atoms with Crippen LogP contribution >= 0.6 is 12.4 Å². The molecule has 6 heteroatoms. The summed E-state index contributed by atoms with van der Waals surface area (Å²) in [5.74, 6) is 0.355. The smallest absolute Gasteiger partial charge is 0.224 e. The zero-order chi connectivity index (χ0) is 17.9. The van der Waals surface area contributed by atoms with Crippen LogP contribution in [-0.4, -0.2) is 12.5 Å². The van der Waals surface area contributed by atoms with Gasteiger partial charge in [0.25, 0.3) is 0 Å². The largest absolute Gasteiger partial charge is 0.489 e. The molecule has 0 aliphatic carbocycles. The lowest BCUT2D eigenvalue weighted by Gasteiger charge is -2.09. The van der Waals surface area contributed by atoms with E-state index in [9.17, 15) is 9.18 Å². The summed E-state index contributed by atoms with van der Waals surface area (Å²) in [6.07, 6.45) is 4.48. The van der Waals surface area contributed by atoms with Gasteiger partial charge in [-0.25, -0.2) is 4.39 Å². The van der Waals surface area contributed by atoms with Gasteiger partial charge in [-0.3, -0.25) is 4.79 Å². The third-order valence-corrected chi connectivity index (χ3v) is 3.85. The van der Waals surface area contributed by atoms with Gasteiger partial charge in [0.2, 0.25) is 5.91 Å². The molecule has 0 aliphatic heterocycles. The SMILES string of the molecule is Cl.NCCCCCCC(=O)Nc1ccc(OCc2ccccc2F)cc1. The molecule has 0 spiro atoms. The highest BCUT2D eigenvalue weighted by atomic mass is 35.5. The molecule has 1 amide bonds. The number of benzene rings is 2. The van der Waals surface area contributed by atoms with E-state index in [1.165, 1.54) is 6.07 Å². The van der Waals surface area contributed by atoms with Crippen molar-refractivity contribution in [3.63, 3.8) is 0 Å². The van der Waals surface area contributed by atoms with Crippen molar-refractivity contribution in [2.45, 2.75) is 38.7 Å². The van der Waals surface area contributed by atoms with E-state index in [2.05, 4.69) is 5.32 Å². The fourth-order valence-electron chi connectivity index (χ4n) is 2.42. The first-order chi connectivity index (χ1) is 12.2. The molecule has 26 heavy (non-hydrogen) atoms. The monoisotopic (exact) mass is 380 g/mol. The minimum atomic E-state index is -0.280. The van der Waals surface area contributed by atoms with Gasteiger partial charge in [0, 0.05) is 17.7 Å². The van der Waals surface area contributed by atoms with Crippen molar-refractivity contribution in [3.05, 3.63) is 59.9 Å². The Morgan fingerprint density at radius 1 is 1.00 bits per heavy atom. The average molecular weight is 381 g/mol. The van der Waals surface area contributed by atoms with Crippen LogP contribution < -0.4 is 15.8 Å². The van der Waals surface area contributed by atoms with Crippen LogP contribution in [0, 0.1) is 5.82 Å². The number of ether oxygens (including phenoxy) is 1. The summed E-state index contributed by atoms with van der Waals surface area (Å²) in [5.41, 5.74) is 6.67. The first-order valence-electron chi connectivity index (χ1n) is 8.65. The van der Waals surface area contributed by atoms with Crippen molar-refractivity contribution in [1.29, 1.82) is 0 Å². The second-order valence-corrected chi connectivity index (χ2v) is 5.91. The molecule has 0 heterocycles. The topological polar surface area (TPSA) is 64.4 Å². The second-order valence-electron chi connectivity index (χ2n) is 5.91. The van der Waals surface area contributed by atoms with E-state index in [0.717, 1.165) is 31.4 Å². The maximum absolute atomic E-state index is 13.5. The number of anilines is 1. The summed E-state index contributed by atoms with van der Waals surface area (Å²) < 4.78 is 19.1. The van der Waals surface area contributed by atoms with Crippen LogP contribution in [0.4, 0.5) is 10.1 Å². The highest BCUT2D eigenvalue weighted by Gasteiger charge is 2.04. The van der Waals surface area contributed by atoms with E-state index >= 15 is 0 Å². The molecule has 0 aromatic heterocycles. The third kappa shape index (κ3) is 7.85. The number of halogens is 2. The molecule has 0 radical (unpaired) electrons. The van der Waals surface area contributed by atoms with Gasteiger partial charge >= 0.3 is 0 Å². The van der Waals surface area contributed by atoms with Crippen molar-refractivity contribution in [1.82, 2.24) is 0 Å². The maximum atomic E-state index is 13.5. The molecule has 0 unspecified atom stereocenters. The Morgan fingerprint density at radius 2 is 1.69 bits per heavy atom. The van der Waals surface area contributed by atoms with Crippen LogP contribution in [0.25, 0.3) is 0 Å². The van der Waals surface area contributed by atoms with Crippen LogP contribution in [0.2, 0.25) is 0 Å². The normalized spacial score (nSPS) is 10.1. The number of rotatable bonds is 10. The Bertz CT molecular complexity index is 665. The molecule has 0 saturated carbocycles. The lowest BCUT2D eigenvalue weighted by atomic mass is 10.1. The van der Waals surface area contributed by atoms with Gasteiger partial charge in [-0.1, -0.05) is 31.0 Å². The van der Waals surface area contributed by atoms with Crippen LogP contribution in [0.5, 0.6) is 5.75 Å². The highest BCUT2D eigenvalue weighted by Crippen LogP contribution is 2.18. The number of nitrogens with one attached hydrogen (secondary N) is 1. The molecule has 2 rings (SSSR count). The zero-order valence-corrected chi connectivity index (χ0v) is 15.6. The Hall–Kier alpha value is -2.11. The minimum absolute atomic E-state index is 0. The number of nitrogens with two attached hydrogens (primary N) is 1. The quantitative estimate of drug-likeness (QED) is 0.588. The van der Waals surface area contributed by atoms with Crippen molar-refractivity contribution in [2.75, 3.05) is 11.9 Å². The number of amides is 1. The van der Waals surface area contributed by atoms with Gasteiger partial charge in [-0.05, 0) is 49.7 Å². The highest BCUT2D eigenvalue weighted by molar-refractivity contribution is 5.90. The standard InChI is InChI=1S/C20H25FN2O2.ClH/c21-19-8-5-4-7-16(19)15-25-18-12-10-17(11-13-18)23-20(24)9-3-1-2-6-14-22;/h4-5,7-8,10-13H,1-3,6,9,14-15,22H2,(H,23,24);1H. The predicted octanol–water partition coefficient (Wildman–Crippen LogP) is 4.67. The van der Waals surface area contributed by atoms with Gasteiger partial charge in [-0.2, -0.15) is 0 Å². The average Bonchev–Trinajstić information content (AvgIpc) is 2.62. The van der Waals surface area contributed by atoms with E-state index in [0.29, 0.717) is 24.3 Å². The third-order valence-electron chi connectivity index (χ3n) is 3.85. The Morgan fingerprint density at radius 3 is 2.38 bits per heavy atom. The lowest BCUT2D eigenvalue weighted by molar-refractivity contribution is -0.116. The Labute approximate surface area is 160 Å². The summed E-state index contributed by atoms with van der Waals surface area (Å²) in [6, 6.07) is 13.6. The fourth-order valence-corrected chi connectivity index (χ4v) is 2.42. The number of hydrogen-bond donors (Lipinski definition) is 2. The van der Waals surface area contributed by atoms with Crippen molar-refractivity contribution in [2.24, 2.45) is 5.73 Å². The number of carbonyl (C=O) groups is 1. The molecule has 0 atom stereocenters. The molecule has 2 aromatic carbocycles. The van der Waals surface area contributed by atoms with Crippen molar-refractivity contribution < 1.29 is 13.9 Å². The van der Waals surface area contributed by atoms with Crippen molar-refractivity contribution >= 4 is 24.0 Å². The second kappa shape index (κ2) is 12.3. The van der Waals surface area contributed by atoms with Crippen molar-refractivity contribution in [3.8, 4) is 5.75 Å². The molecule has 2 aromatic rings. The first kappa shape index (κ1) is 21.9. The summed E-state index contributed by atoms with van der Waals surface area (Å²) in [5, 5.41) is 2.86. The molecule has 4 nitrogen and oxygen atoms in total. The van der Waals surface area contributed by atoms with Crippen LogP contribution in [0.3, 0.4) is 0 Å². The molecule has 0 bridgehead atoms. The fraction of sp³-hybridized carbons (Fsp3) is 0.350. The van der Waals surface area contributed by atoms with E-state index in [1.54, 1.807) is 42.5 Å². The van der Waals surface area contributed by atoms with Gasteiger partial charge in [-0.15, -0.1) is 12.4 Å². The van der Waals surface area contributed by atoms with E-state index in [4.69, 9.17) is 10.5 Å². The number of hydrogen-bond acceptors (Lipinski definition) is 3. The van der Waals surface area contributed by atoms with E-state index < -0.39 is 0 Å². The Balaban J connectivity index is 0.00000338. The number of carbonyl (C=O) groups excluding carboxylic acids is 1. The van der Waals surface area contributed by atoms with Crippen LogP contribution in [0.1, 0.15) is 37.7 Å². The number of unbranched alkanes of at least 4 members (excludes halogenated alkanes) is 3. The summed E-state index contributed by atoms with van der Waals surface area (Å²) in [7, 11) is 0. The van der Waals surface area contributed by atoms with Gasteiger partial charge < -0.3 is 15.8 Å². The van der Waals surface area contributed by atoms with Crippen LogP contribution in [0.15, 0.2) is 48.5 Å². The molecule has 0 aliphatic rings. The van der Waals surface area contributed by atoms with Crippen LogP contribution in [-0.2, 0) is 11.4 Å². The molecule has 3 N–H and O–H groups in total. The van der Waals surface area contributed by atoms with E-state index in [1.807, 2.05) is 0 Å². The predicted molar refractivity (Wildman–Crippen MR) is 105 cm³/mol. The molecule has 142 valence electrons. The van der Waals surface area contributed by atoms with Gasteiger partial charge in [0.15, 0.2) is 0 Å². The molecule has 0 saturated heterocycles.